The Morgan fingerprint density at radius 1 is 1.16 bits per heavy atom. The number of benzene rings is 1. The van der Waals surface area contributed by atoms with Gasteiger partial charge in [0.25, 0.3) is 0 Å². The molecule has 1 aromatic rings. The van der Waals surface area contributed by atoms with Gasteiger partial charge in [-0.1, -0.05) is 24.3 Å². The molecule has 3 heteroatoms. The second kappa shape index (κ2) is 6.51. The lowest BCUT2D eigenvalue weighted by atomic mass is 9.93. The molecule has 0 spiro atoms. The highest BCUT2D eigenvalue weighted by Gasteiger charge is 2.17. The van der Waals surface area contributed by atoms with E-state index < -0.39 is 0 Å². The zero-order valence-electron chi connectivity index (χ0n) is 11.6. The normalized spacial score (nSPS) is 24.1. The van der Waals surface area contributed by atoms with Crippen molar-refractivity contribution in [2.45, 2.75) is 31.8 Å². The first-order chi connectivity index (χ1) is 9.42. The molecule has 3 rings (SSSR count). The number of fused-ring (bicyclic) bond motifs is 1. The van der Waals surface area contributed by atoms with Gasteiger partial charge in [-0.15, -0.1) is 0 Å². The third kappa shape index (κ3) is 3.56. The summed E-state index contributed by atoms with van der Waals surface area (Å²) in [5.41, 5.74) is 3.02. The van der Waals surface area contributed by atoms with Crippen molar-refractivity contribution in [2.24, 2.45) is 0 Å². The molecule has 2 heterocycles. The zero-order valence-corrected chi connectivity index (χ0v) is 11.6. The first-order valence-corrected chi connectivity index (χ1v) is 7.52. The highest BCUT2D eigenvalue weighted by atomic mass is 16.5. The molecular formula is C16H24N2O. The predicted molar refractivity (Wildman–Crippen MR) is 77.3 cm³/mol. The number of rotatable bonds is 4. The van der Waals surface area contributed by atoms with Gasteiger partial charge in [-0.3, -0.25) is 4.90 Å². The van der Waals surface area contributed by atoms with Crippen LogP contribution in [0.1, 0.15) is 24.0 Å². The maximum absolute atomic E-state index is 5.38. The van der Waals surface area contributed by atoms with Crippen LogP contribution in [0.5, 0.6) is 0 Å². The van der Waals surface area contributed by atoms with Crippen LogP contribution < -0.4 is 5.32 Å². The van der Waals surface area contributed by atoms with Gasteiger partial charge in [-0.05, 0) is 36.9 Å². The third-order valence-corrected chi connectivity index (χ3v) is 4.30. The fourth-order valence-electron chi connectivity index (χ4n) is 3.11. The molecule has 0 saturated carbocycles. The average Bonchev–Trinajstić information content (AvgIpc) is 2.48. The lowest BCUT2D eigenvalue weighted by molar-refractivity contribution is 0.0368. The van der Waals surface area contributed by atoms with E-state index in [1.54, 1.807) is 0 Å². The molecule has 1 N–H and O–H groups in total. The van der Waals surface area contributed by atoms with Crippen LogP contribution in [0.3, 0.4) is 0 Å². The topological polar surface area (TPSA) is 24.5 Å². The molecular weight excluding hydrogens is 236 g/mol. The third-order valence-electron chi connectivity index (χ3n) is 4.30. The summed E-state index contributed by atoms with van der Waals surface area (Å²) in [6, 6.07) is 9.49. The summed E-state index contributed by atoms with van der Waals surface area (Å²) >= 11 is 0. The largest absolute Gasteiger partial charge is 0.379 e. The number of morpholine rings is 1. The van der Waals surface area contributed by atoms with E-state index in [1.165, 1.54) is 36.9 Å². The van der Waals surface area contributed by atoms with Crippen LogP contribution in [0, 0.1) is 0 Å². The van der Waals surface area contributed by atoms with Gasteiger partial charge in [-0.2, -0.15) is 0 Å². The van der Waals surface area contributed by atoms with Gasteiger partial charge in [0.15, 0.2) is 0 Å². The minimum absolute atomic E-state index is 0.663. The molecule has 1 saturated heterocycles. The van der Waals surface area contributed by atoms with Gasteiger partial charge in [0.05, 0.1) is 13.2 Å². The first kappa shape index (κ1) is 13.1. The summed E-state index contributed by atoms with van der Waals surface area (Å²) in [7, 11) is 0. The van der Waals surface area contributed by atoms with Crippen LogP contribution in [-0.2, 0) is 17.7 Å². The van der Waals surface area contributed by atoms with E-state index in [-0.39, 0.29) is 0 Å². The molecule has 3 nitrogen and oxygen atoms in total. The zero-order chi connectivity index (χ0) is 12.9. The Labute approximate surface area is 115 Å². The van der Waals surface area contributed by atoms with Crippen molar-refractivity contribution in [3.63, 3.8) is 0 Å². The Bertz CT molecular complexity index is 401. The second-order valence-corrected chi connectivity index (χ2v) is 5.65. The number of hydrogen-bond donors (Lipinski definition) is 1. The van der Waals surface area contributed by atoms with Gasteiger partial charge in [0, 0.05) is 25.7 Å². The summed E-state index contributed by atoms with van der Waals surface area (Å²) in [5, 5.41) is 3.67. The monoisotopic (exact) mass is 260 g/mol. The molecule has 0 unspecified atom stereocenters. The summed E-state index contributed by atoms with van der Waals surface area (Å²) < 4.78 is 5.38. The molecule has 0 aliphatic carbocycles. The average molecular weight is 260 g/mol. The smallest absolute Gasteiger partial charge is 0.0594 e. The molecule has 104 valence electrons. The molecule has 0 amide bonds. The molecule has 19 heavy (non-hydrogen) atoms. The summed E-state index contributed by atoms with van der Waals surface area (Å²) in [6.45, 7) is 6.31. The molecule has 2 aliphatic heterocycles. The number of ether oxygens (including phenoxy) is 1. The molecule has 1 aromatic carbocycles. The van der Waals surface area contributed by atoms with Crippen molar-refractivity contribution < 1.29 is 4.74 Å². The minimum Gasteiger partial charge on any atom is -0.379 e. The van der Waals surface area contributed by atoms with Crippen LogP contribution in [0.25, 0.3) is 0 Å². The lowest BCUT2D eigenvalue weighted by Crippen LogP contribution is -2.39. The first-order valence-electron chi connectivity index (χ1n) is 7.52. The molecule has 0 aromatic heterocycles. The number of nitrogens with zero attached hydrogens (tertiary/aromatic N) is 1. The lowest BCUT2D eigenvalue weighted by Gasteiger charge is -2.29. The molecule has 2 aliphatic rings. The SMILES string of the molecule is c1ccc2c(c1)CN[C@@H](CCCN1CCOCC1)C2. The van der Waals surface area contributed by atoms with Crippen molar-refractivity contribution in [1.82, 2.24) is 10.2 Å². The predicted octanol–water partition coefficient (Wildman–Crippen LogP) is 1.81. The van der Waals surface area contributed by atoms with Crippen LogP contribution in [0.2, 0.25) is 0 Å². The van der Waals surface area contributed by atoms with Crippen molar-refractivity contribution >= 4 is 0 Å². The van der Waals surface area contributed by atoms with E-state index in [9.17, 15) is 0 Å². The van der Waals surface area contributed by atoms with E-state index in [1.807, 2.05) is 0 Å². The molecule has 0 bridgehead atoms. The van der Waals surface area contributed by atoms with E-state index in [0.29, 0.717) is 6.04 Å². The highest BCUT2D eigenvalue weighted by molar-refractivity contribution is 5.29. The quantitative estimate of drug-likeness (QED) is 0.893. The Morgan fingerprint density at radius 2 is 1.95 bits per heavy atom. The van der Waals surface area contributed by atoms with Crippen LogP contribution in [-0.4, -0.2) is 43.8 Å². The Balaban J connectivity index is 1.42. The second-order valence-electron chi connectivity index (χ2n) is 5.65. The highest BCUT2D eigenvalue weighted by Crippen LogP contribution is 2.18. The fraction of sp³-hybridized carbons (Fsp3) is 0.625. The Morgan fingerprint density at radius 3 is 2.79 bits per heavy atom. The van der Waals surface area contributed by atoms with Crippen LogP contribution in [0.15, 0.2) is 24.3 Å². The number of hydrogen-bond acceptors (Lipinski definition) is 3. The summed E-state index contributed by atoms with van der Waals surface area (Å²) in [4.78, 5) is 2.53. The molecule has 1 atom stereocenters. The van der Waals surface area contributed by atoms with Crippen LogP contribution in [0.4, 0.5) is 0 Å². The number of nitrogens with one attached hydrogen (secondary N) is 1. The molecule has 1 fully saturated rings. The van der Waals surface area contributed by atoms with Crippen LogP contribution >= 0.6 is 0 Å². The van der Waals surface area contributed by atoms with E-state index in [4.69, 9.17) is 4.74 Å². The van der Waals surface area contributed by atoms with E-state index >= 15 is 0 Å². The minimum atomic E-state index is 0.663. The summed E-state index contributed by atoms with van der Waals surface area (Å²) in [5.74, 6) is 0. The molecule has 0 radical (unpaired) electrons. The van der Waals surface area contributed by atoms with Gasteiger partial charge >= 0.3 is 0 Å². The van der Waals surface area contributed by atoms with Gasteiger partial charge < -0.3 is 10.1 Å². The van der Waals surface area contributed by atoms with Gasteiger partial charge in [-0.25, -0.2) is 0 Å². The summed E-state index contributed by atoms with van der Waals surface area (Å²) in [6.07, 6.45) is 3.77. The fourth-order valence-corrected chi connectivity index (χ4v) is 3.11. The maximum Gasteiger partial charge on any atom is 0.0594 e. The standard InChI is InChI=1S/C16H24N2O/c1-2-5-15-13-17-16(12-14(15)4-1)6-3-7-18-8-10-19-11-9-18/h1-2,4-5,16-17H,3,6-13H2/t16-/m0/s1. The Kier molecular flexibility index (Phi) is 4.49. The Hall–Kier alpha value is -0.900. The van der Waals surface area contributed by atoms with Crippen molar-refractivity contribution in [3.05, 3.63) is 35.4 Å². The van der Waals surface area contributed by atoms with Crippen molar-refractivity contribution in [3.8, 4) is 0 Å². The van der Waals surface area contributed by atoms with E-state index in [0.717, 1.165) is 32.8 Å². The van der Waals surface area contributed by atoms with Crippen molar-refractivity contribution in [1.29, 1.82) is 0 Å². The van der Waals surface area contributed by atoms with Crippen molar-refractivity contribution in [2.75, 3.05) is 32.8 Å². The van der Waals surface area contributed by atoms with Gasteiger partial charge in [0.2, 0.25) is 0 Å². The maximum atomic E-state index is 5.38. The van der Waals surface area contributed by atoms with Gasteiger partial charge in [0.1, 0.15) is 0 Å². The van der Waals surface area contributed by atoms with E-state index in [2.05, 4.69) is 34.5 Å².